The summed E-state index contributed by atoms with van der Waals surface area (Å²) in [7, 11) is 0. The molecule has 0 atom stereocenters. The van der Waals surface area contributed by atoms with Gasteiger partial charge in [0.2, 0.25) is 0 Å². The second kappa shape index (κ2) is 10.8. The van der Waals surface area contributed by atoms with E-state index < -0.39 is 0 Å². The topological polar surface area (TPSA) is 55.1 Å². The van der Waals surface area contributed by atoms with Crippen LogP contribution in [-0.2, 0) is 11.2 Å². The van der Waals surface area contributed by atoms with Gasteiger partial charge in [0.15, 0.2) is 0 Å². The first-order valence-corrected chi connectivity index (χ1v) is 8.16. The highest BCUT2D eigenvalue weighted by Gasteiger charge is 2.08. The molecule has 1 aromatic carbocycles. The summed E-state index contributed by atoms with van der Waals surface area (Å²) in [5, 5.41) is 3.77. The van der Waals surface area contributed by atoms with Gasteiger partial charge in [0, 0.05) is 36.6 Å². The Bertz CT molecular complexity index is 591. The lowest BCUT2D eigenvalue weighted by Crippen LogP contribution is -2.13. The zero-order valence-electron chi connectivity index (χ0n) is 13.6. The molecule has 124 valence electrons. The van der Waals surface area contributed by atoms with Gasteiger partial charge >= 0.3 is 0 Å². The Hall–Kier alpha value is -1.84. The van der Waals surface area contributed by atoms with E-state index in [0.29, 0.717) is 37.4 Å². The number of hydrogen-bond donors (Lipinski definition) is 2. The first-order valence-electron chi connectivity index (χ1n) is 7.79. The molecule has 0 heterocycles. The number of ketones is 1. The van der Waals surface area contributed by atoms with Crippen molar-refractivity contribution in [3.63, 3.8) is 0 Å². The predicted molar refractivity (Wildman–Crippen MR) is 100 cm³/mol. The van der Waals surface area contributed by atoms with E-state index in [4.69, 9.17) is 17.3 Å². The Morgan fingerprint density at radius 1 is 1.39 bits per heavy atom. The molecule has 4 heteroatoms. The highest BCUT2D eigenvalue weighted by Crippen LogP contribution is 2.22. The molecule has 0 unspecified atom stereocenters. The van der Waals surface area contributed by atoms with Crippen molar-refractivity contribution < 1.29 is 4.79 Å². The van der Waals surface area contributed by atoms with Crippen molar-refractivity contribution in [1.29, 1.82) is 0 Å². The molecule has 0 bridgehead atoms. The number of carbonyl (C=O) groups is 1. The first-order chi connectivity index (χ1) is 11.1. The summed E-state index contributed by atoms with van der Waals surface area (Å²) in [5.41, 5.74) is 8.28. The van der Waals surface area contributed by atoms with Crippen molar-refractivity contribution in [2.75, 3.05) is 18.4 Å². The predicted octanol–water partition coefficient (Wildman–Crippen LogP) is 4.29. The molecule has 0 radical (unpaired) electrons. The summed E-state index contributed by atoms with van der Waals surface area (Å²) < 4.78 is 0. The molecule has 3 nitrogen and oxygen atoms in total. The molecule has 1 rings (SSSR count). The molecule has 0 spiro atoms. The van der Waals surface area contributed by atoms with Crippen LogP contribution >= 0.6 is 11.6 Å². The Kier molecular flexibility index (Phi) is 9.03. The van der Waals surface area contributed by atoms with Gasteiger partial charge in [-0.25, -0.2) is 0 Å². The van der Waals surface area contributed by atoms with Crippen molar-refractivity contribution in [2.24, 2.45) is 5.73 Å². The normalized spacial score (nSPS) is 11.7. The van der Waals surface area contributed by atoms with Crippen LogP contribution in [0.1, 0.15) is 25.3 Å². The Morgan fingerprint density at radius 2 is 2.17 bits per heavy atom. The first kappa shape index (κ1) is 19.2. The summed E-state index contributed by atoms with van der Waals surface area (Å²) in [6.45, 7) is 6.98. The fraction of sp³-hybridized carbons (Fsp3) is 0.316. The SMILES string of the molecule is C=C/C(=C\C=C/C)CCC(=O)Cc1ccc(NCCN)cc1Cl. The third-order valence-corrected chi connectivity index (χ3v) is 3.72. The minimum Gasteiger partial charge on any atom is -0.384 e. The van der Waals surface area contributed by atoms with Crippen LogP contribution in [0.5, 0.6) is 0 Å². The lowest BCUT2D eigenvalue weighted by molar-refractivity contribution is -0.118. The Labute approximate surface area is 143 Å². The average Bonchev–Trinajstić information content (AvgIpc) is 2.55. The number of halogens is 1. The van der Waals surface area contributed by atoms with Crippen LogP contribution in [0.3, 0.4) is 0 Å². The molecular weight excluding hydrogens is 308 g/mol. The molecule has 0 aromatic heterocycles. The number of rotatable bonds is 10. The van der Waals surface area contributed by atoms with Crippen molar-refractivity contribution in [1.82, 2.24) is 0 Å². The molecule has 0 aliphatic carbocycles. The van der Waals surface area contributed by atoms with Crippen molar-refractivity contribution >= 4 is 23.1 Å². The van der Waals surface area contributed by atoms with Crippen LogP contribution in [0.2, 0.25) is 5.02 Å². The summed E-state index contributed by atoms with van der Waals surface area (Å²) >= 11 is 6.25. The fourth-order valence-electron chi connectivity index (χ4n) is 2.07. The van der Waals surface area contributed by atoms with Gasteiger partial charge in [0.05, 0.1) is 0 Å². The standard InChI is InChI=1S/C19H25ClN2O/c1-3-5-6-15(4-2)7-10-18(23)13-16-8-9-17(14-19(16)20)22-12-11-21/h3-6,8-9,14,22H,2,7,10-13,21H2,1H3/b5-3-,15-6+. The molecule has 0 fully saturated rings. The van der Waals surface area contributed by atoms with E-state index in [1.165, 1.54) is 0 Å². The largest absolute Gasteiger partial charge is 0.384 e. The molecule has 3 N–H and O–H groups in total. The van der Waals surface area contributed by atoms with Gasteiger partial charge < -0.3 is 11.1 Å². The number of allylic oxidation sites excluding steroid dienone is 5. The summed E-state index contributed by atoms with van der Waals surface area (Å²) in [5.74, 6) is 0.169. The summed E-state index contributed by atoms with van der Waals surface area (Å²) in [6.07, 6.45) is 9.20. The zero-order valence-corrected chi connectivity index (χ0v) is 14.4. The highest BCUT2D eigenvalue weighted by molar-refractivity contribution is 6.31. The third-order valence-electron chi connectivity index (χ3n) is 3.37. The summed E-state index contributed by atoms with van der Waals surface area (Å²) in [6, 6.07) is 5.65. The van der Waals surface area contributed by atoms with Crippen LogP contribution in [0.25, 0.3) is 0 Å². The third kappa shape index (κ3) is 7.31. The van der Waals surface area contributed by atoms with Crippen LogP contribution < -0.4 is 11.1 Å². The number of Topliss-reactive ketones (excluding diaryl/α,β-unsaturated/α-hetero) is 1. The van der Waals surface area contributed by atoms with Crippen LogP contribution in [-0.4, -0.2) is 18.9 Å². The monoisotopic (exact) mass is 332 g/mol. The maximum Gasteiger partial charge on any atom is 0.137 e. The number of anilines is 1. The van der Waals surface area contributed by atoms with Crippen LogP contribution in [0, 0.1) is 0 Å². The number of benzene rings is 1. The second-order valence-corrected chi connectivity index (χ2v) is 5.62. The van der Waals surface area contributed by atoms with E-state index in [9.17, 15) is 4.79 Å². The lowest BCUT2D eigenvalue weighted by atomic mass is 10.0. The number of carbonyl (C=O) groups excluding carboxylic acids is 1. The molecule has 23 heavy (non-hydrogen) atoms. The van der Waals surface area contributed by atoms with Gasteiger partial charge in [-0.1, -0.05) is 48.6 Å². The van der Waals surface area contributed by atoms with E-state index in [0.717, 1.165) is 16.8 Å². The maximum atomic E-state index is 12.1. The van der Waals surface area contributed by atoms with Crippen molar-refractivity contribution in [3.8, 4) is 0 Å². The molecule has 1 aromatic rings. The molecule has 0 aliphatic rings. The maximum absolute atomic E-state index is 12.1. The fourth-order valence-corrected chi connectivity index (χ4v) is 2.32. The van der Waals surface area contributed by atoms with Gasteiger partial charge in [-0.3, -0.25) is 4.79 Å². The van der Waals surface area contributed by atoms with Crippen molar-refractivity contribution in [3.05, 3.63) is 65.2 Å². The van der Waals surface area contributed by atoms with E-state index >= 15 is 0 Å². The van der Waals surface area contributed by atoms with Gasteiger partial charge in [0.1, 0.15) is 5.78 Å². The smallest absolute Gasteiger partial charge is 0.137 e. The number of nitrogens with one attached hydrogen (secondary N) is 1. The van der Waals surface area contributed by atoms with E-state index in [1.54, 1.807) is 6.08 Å². The second-order valence-electron chi connectivity index (χ2n) is 5.21. The molecule has 0 saturated carbocycles. The van der Waals surface area contributed by atoms with E-state index in [2.05, 4.69) is 11.9 Å². The summed E-state index contributed by atoms with van der Waals surface area (Å²) in [4.78, 5) is 12.1. The minimum atomic E-state index is 0.169. The van der Waals surface area contributed by atoms with Crippen molar-refractivity contribution in [2.45, 2.75) is 26.2 Å². The van der Waals surface area contributed by atoms with Gasteiger partial charge in [-0.2, -0.15) is 0 Å². The quantitative estimate of drug-likeness (QED) is 0.628. The van der Waals surface area contributed by atoms with Gasteiger partial charge in [0.25, 0.3) is 0 Å². The minimum absolute atomic E-state index is 0.169. The van der Waals surface area contributed by atoms with Crippen LogP contribution in [0.15, 0.2) is 54.7 Å². The van der Waals surface area contributed by atoms with Gasteiger partial charge in [-0.15, -0.1) is 0 Å². The number of hydrogen-bond acceptors (Lipinski definition) is 3. The average molecular weight is 333 g/mol. The molecule has 0 aliphatic heterocycles. The van der Waals surface area contributed by atoms with E-state index in [-0.39, 0.29) is 5.78 Å². The molecular formula is C19H25ClN2O. The highest BCUT2D eigenvalue weighted by atomic mass is 35.5. The molecule has 0 amide bonds. The Balaban J connectivity index is 2.58. The molecule has 0 saturated heterocycles. The van der Waals surface area contributed by atoms with E-state index in [1.807, 2.05) is 43.4 Å². The van der Waals surface area contributed by atoms with Crippen LogP contribution in [0.4, 0.5) is 5.69 Å². The lowest BCUT2D eigenvalue weighted by Gasteiger charge is -2.09. The zero-order chi connectivity index (χ0) is 17.1. The number of nitrogens with two attached hydrogens (primary N) is 1. The van der Waals surface area contributed by atoms with Gasteiger partial charge in [-0.05, 0) is 36.6 Å². The Morgan fingerprint density at radius 3 is 2.78 bits per heavy atom.